The van der Waals surface area contributed by atoms with E-state index in [2.05, 4.69) is 19.1 Å². The zero-order valence-corrected chi connectivity index (χ0v) is 28.3. The molecule has 1 aliphatic carbocycles. The fraction of sp³-hybridized carbons (Fsp3) is 0.302. The van der Waals surface area contributed by atoms with E-state index < -0.39 is 51.8 Å². The minimum absolute atomic E-state index is 0.296. The van der Waals surface area contributed by atoms with Crippen LogP contribution in [0, 0.1) is 46.6 Å². The average molecular weight is 691 g/mol. The second kappa shape index (κ2) is 17.0. The van der Waals surface area contributed by atoms with Gasteiger partial charge in [0.1, 0.15) is 11.6 Å². The van der Waals surface area contributed by atoms with Crippen molar-refractivity contribution < 1.29 is 30.7 Å². The lowest BCUT2D eigenvalue weighted by molar-refractivity contribution is 0.303. The maximum Gasteiger partial charge on any atom is 0.194 e. The summed E-state index contributed by atoms with van der Waals surface area (Å²) in [4.78, 5) is 0. The molecule has 0 saturated heterocycles. The largest absolute Gasteiger partial charge is 0.206 e. The summed E-state index contributed by atoms with van der Waals surface area (Å²) in [5.74, 6) is -6.68. The molecular formula is C43H41F7. The molecule has 50 heavy (non-hydrogen) atoms. The highest BCUT2D eigenvalue weighted by Crippen LogP contribution is 2.38. The molecule has 0 aliphatic heterocycles. The molecule has 0 bridgehead atoms. The zero-order valence-electron chi connectivity index (χ0n) is 28.3. The van der Waals surface area contributed by atoms with Gasteiger partial charge >= 0.3 is 0 Å². The van der Waals surface area contributed by atoms with Crippen LogP contribution in [0.5, 0.6) is 0 Å². The summed E-state index contributed by atoms with van der Waals surface area (Å²) >= 11 is 0. The topological polar surface area (TPSA) is 0 Å². The molecule has 1 aliphatic rings. The molecule has 6 rings (SSSR count). The molecule has 0 heterocycles. The van der Waals surface area contributed by atoms with E-state index in [-0.39, 0.29) is 0 Å². The molecule has 1 saturated carbocycles. The first kappa shape index (κ1) is 36.9. The van der Waals surface area contributed by atoms with Crippen molar-refractivity contribution in [2.24, 2.45) is 5.92 Å². The molecule has 5 aromatic carbocycles. The van der Waals surface area contributed by atoms with Gasteiger partial charge in [0.2, 0.25) is 0 Å². The summed E-state index contributed by atoms with van der Waals surface area (Å²) in [6.07, 6.45) is 11.5. The first-order valence-electron chi connectivity index (χ1n) is 17.4. The minimum Gasteiger partial charge on any atom is -0.206 e. The van der Waals surface area contributed by atoms with Crippen molar-refractivity contribution in [3.63, 3.8) is 0 Å². The van der Waals surface area contributed by atoms with Crippen molar-refractivity contribution in [3.05, 3.63) is 143 Å². The van der Waals surface area contributed by atoms with Gasteiger partial charge in [-0.25, -0.2) is 30.7 Å². The summed E-state index contributed by atoms with van der Waals surface area (Å²) in [7, 11) is 0. The van der Waals surface area contributed by atoms with E-state index in [0.717, 1.165) is 41.2 Å². The summed E-state index contributed by atoms with van der Waals surface area (Å²) < 4.78 is 95.0. The van der Waals surface area contributed by atoms with Crippen LogP contribution >= 0.6 is 0 Å². The predicted octanol–water partition coefficient (Wildman–Crippen LogP) is 13.8. The van der Waals surface area contributed by atoms with Gasteiger partial charge in [0, 0.05) is 0 Å². The van der Waals surface area contributed by atoms with Crippen molar-refractivity contribution in [1.82, 2.24) is 0 Å². The standard InChI is InChI=1S/C23H28F2.C20H13F5/c1-2-3-4-5-17-6-8-18(9-7-17)19-10-12-20(13-11-19)21-14-15-22(24)23(25)16-21;1-2-11-3-5-12(6-4-11)13-7-15(21)19(16(22)8-13)14-9-17(23)20(25)18(24)10-14/h10-18H,2-9H2,1H3;3-10H,2H2,1H3. The maximum atomic E-state index is 14.4. The van der Waals surface area contributed by atoms with Crippen LogP contribution in [0.3, 0.4) is 0 Å². The van der Waals surface area contributed by atoms with Crippen molar-refractivity contribution >= 4 is 0 Å². The quantitative estimate of drug-likeness (QED) is 0.0820. The average Bonchev–Trinajstić information content (AvgIpc) is 3.12. The molecule has 0 aromatic heterocycles. The second-order valence-corrected chi connectivity index (χ2v) is 13.1. The lowest BCUT2D eigenvalue weighted by Gasteiger charge is -2.29. The summed E-state index contributed by atoms with van der Waals surface area (Å²) in [6, 6.07) is 23.0. The molecular weight excluding hydrogens is 649 g/mol. The molecule has 0 nitrogen and oxygen atoms in total. The molecule has 262 valence electrons. The third kappa shape index (κ3) is 9.04. The highest BCUT2D eigenvalue weighted by atomic mass is 19.2. The number of benzene rings is 5. The Morgan fingerprint density at radius 1 is 0.480 bits per heavy atom. The molecule has 0 N–H and O–H groups in total. The molecule has 0 unspecified atom stereocenters. The van der Waals surface area contributed by atoms with Crippen molar-refractivity contribution in [2.75, 3.05) is 0 Å². The van der Waals surface area contributed by atoms with Crippen LogP contribution < -0.4 is 0 Å². The monoisotopic (exact) mass is 690 g/mol. The van der Waals surface area contributed by atoms with Gasteiger partial charge in [-0.1, -0.05) is 94.1 Å². The first-order chi connectivity index (χ1) is 24.1. The van der Waals surface area contributed by atoms with E-state index in [1.807, 2.05) is 31.2 Å². The molecule has 0 radical (unpaired) electrons. The van der Waals surface area contributed by atoms with Gasteiger partial charge in [0.25, 0.3) is 0 Å². The van der Waals surface area contributed by atoms with Crippen LogP contribution in [0.25, 0.3) is 33.4 Å². The number of hydrogen-bond acceptors (Lipinski definition) is 0. The van der Waals surface area contributed by atoms with Crippen LogP contribution in [0.1, 0.15) is 82.3 Å². The molecule has 1 fully saturated rings. The van der Waals surface area contributed by atoms with Gasteiger partial charge in [-0.15, -0.1) is 0 Å². The third-order valence-electron chi connectivity index (χ3n) is 9.71. The van der Waals surface area contributed by atoms with E-state index in [9.17, 15) is 30.7 Å². The Kier molecular flexibility index (Phi) is 12.6. The number of unbranched alkanes of at least 4 members (excludes halogenated alkanes) is 2. The third-order valence-corrected chi connectivity index (χ3v) is 9.71. The number of rotatable bonds is 9. The highest BCUT2D eigenvalue weighted by molar-refractivity contribution is 5.72. The van der Waals surface area contributed by atoms with Crippen molar-refractivity contribution in [1.29, 1.82) is 0 Å². The summed E-state index contributed by atoms with van der Waals surface area (Å²) in [5, 5.41) is 0. The molecule has 0 atom stereocenters. The maximum absolute atomic E-state index is 14.4. The summed E-state index contributed by atoms with van der Waals surface area (Å²) in [5.41, 5.74) is 4.03. The van der Waals surface area contributed by atoms with E-state index in [0.29, 0.717) is 29.2 Å². The van der Waals surface area contributed by atoms with Crippen LogP contribution in [-0.2, 0) is 6.42 Å². The highest BCUT2D eigenvalue weighted by Gasteiger charge is 2.22. The number of halogens is 7. The van der Waals surface area contributed by atoms with Crippen molar-refractivity contribution in [2.45, 2.75) is 77.6 Å². The molecule has 7 heteroatoms. The Labute approximate surface area is 290 Å². The van der Waals surface area contributed by atoms with Crippen LogP contribution in [0.2, 0.25) is 0 Å². The minimum atomic E-state index is -1.68. The van der Waals surface area contributed by atoms with Gasteiger partial charge < -0.3 is 0 Å². The first-order valence-corrected chi connectivity index (χ1v) is 17.4. The van der Waals surface area contributed by atoms with E-state index >= 15 is 0 Å². The SMILES string of the molecule is CCCCCC1CCC(c2ccc(-c3ccc(F)c(F)c3)cc2)CC1.CCc1ccc(-c2cc(F)c(-c3cc(F)c(F)c(F)c3)c(F)c2)cc1. The van der Waals surface area contributed by atoms with Gasteiger partial charge in [0.05, 0.1) is 5.56 Å². The van der Waals surface area contributed by atoms with Gasteiger partial charge in [-0.2, -0.15) is 0 Å². The van der Waals surface area contributed by atoms with Gasteiger partial charge in [-0.05, 0) is 119 Å². The molecule has 0 amide bonds. The fourth-order valence-electron chi connectivity index (χ4n) is 6.74. The predicted molar refractivity (Wildman–Crippen MR) is 187 cm³/mol. The number of hydrogen-bond donors (Lipinski definition) is 0. The Balaban J connectivity index is 0.000000194. The molecule has 0 spiro atoms. The lowest BCUT2D eigenvalue weighted by Crippen LogP contribution is -2.13. The van der Waals surface area contributed by atoms with Crippen LogP contribution in [0.4, 0.5) is 30.7 Å². The second-order valence-electron chi connectivity index (χ2n) is 13.1. The van der Waals surface area contributed by atoms with Crippen LogP contribution in [-0.4, -0.2) is 0 Å². The Morgan fingerprint density at radius 2 is 1.00 bits per heavy atom. The summed E-state index contributed by atoms with van der Waals surface area (Å²) in [6.45, 7) is 4.25. The van der Waals surface area contributed by atoms with E-state index in [1.54, 1.807) is 18.2 Å². The Morgan fingerprint density at radius 3 is 1.56 bits per heavy atom. The number of aryl methyl sites for hydroxylation is 1. The fourth-order valence-corrected chi connectivity index (χ4v) is 6.74. The normalized spacial score (nSPS) is 15.8. The van der Waals surface area contributed by atoms with E-state index in [1.165, 1.54) is 69.1 Å². The van der Waals surface area contributed by atoms with Crippen LogP contribution in [0.15, 0.2) is 91.0 Å². The zero-order chi connectivity index (χ0) is 35.8. The Hall–Kier alpha value is -4.39. The Bertz CT molecular complexity index is 1830. The smallest absolute Gasteiger partial charge is 0.194 e. The molecule has 5 aromatic rings. The van der Waals surface area contributed by atoms with Gasteiger partial charge in [-0.3, -0.25) is 0 Å². The van der Waals surface area contributed by atoms with Crippen molar-refractivity contribution in [3.8, 4) is 33.4 Å². The van der Waals surface area contributed by atoms with E-state index in [4.69, 9.17) is 0 Å². The van der Waals surface area contributed by atoms with Gasteiger partial charge in [0.15, 0.2) is 29.1 Å². The lowest BCUT2D eigenvalue weighted by atomic mass is 9.77.